The van der Waals surface area contributed by atoms with Gasteiger partial charge in [0.05, 0.1) is 6.33 Å². The van der Waals surface area contributed by atoms with Crippen molar-refractivity contribution in [2.45, 2.75) is 38.8 Å². The highest BCUT2D eigenvalue weighted by Crippen LogP contribution is 2.17. The molecule has 3 rings (SSSR count). The Kier molecular flexibility index (Phi) is 9.55. The van der Waals surface area contributed by atoms with Crippen LogP contribution in [-0.2, 0) is 6.54 Å². The molecular formula is C18H27Cl2N5O2. The molecule has 2 aromatic rings. The van der Waals surface area contributed by atoms with Crippen LogP contribution < -0.4 is 16.2 Å². The number of carbonyl (C=O) groups excluding carboxylic acids is 1. The highest BCUT2D eigenvalue weighted by atomic mass is 35.5. The molecule has 3 heterocycles. The predicted molar refractivity (Wildman–Crippen MR) is 110 cm³/mol. The molecule has 0 aliphatic carbocycles. The van der Waals surface area contributed by atoms with Gasteiger partial charge in [0.1, 0.15) is 5.56 Å². The number of amides is 1. The summed E-state index contributed by atoms with van der Waals surface area (Å²) in [6.07, 6.45) is 9.81. The van der Waals surface area contributed by atoms with Crippen molar-refractivity contribution in [1.29, 1.82) is 0 Å². The number of halogens is 2. The minimum Gasteiger partial charge on any atom is -0.352 e. The van der Waals surface area contributed by atoms with Crippen molar-refractivity contribution in [2.75, 3.05) is 19.6 Å². The van der Waals surface area contributed by atoms with E-state index in [-0.39, 0.29) is 47.9 Å². The first kappa shape index (κ1) is 23.2. The number of aryl methyl sites for hydroxylation is 2. The van der Waals surface area contributed by atoms with E-state index >= 15 is 0 Å². The van der Waals surface area contributed by atoms with Gasteiger partial charge in [-0.3, -0.25) is 9.59 Å². The van der Waals surface area contributed by atoms with E-state index in [0.717, 1.165) is 44.5 Å². The lowest BCUT2D eigenvalue weighted by molar-refractivity contribution is 0.0949. The van der Waals surface area contributed by atoms with Crippen molar-refractivity contribution < 1.29 is 4.79 Å². The minimum absolute atomic E-state index is 0. The zero-order valence-electron chi connectivity index (χ0n) is 15.4. The van der Waals surface area contributed by atoms with Crippen LogP contribution in [0.1, 0.15) is 41.2 Å². The van der Waals surface area contributed by atoms with Gasteiger partial charge in [0.15, 0.2) is 0 Å². The summed E-state index contributed by atoms with van der Waals surface area (Å²) in [4.78, 5) is 29.3. The molecule has 150 valence electrons. The Bertz CT molecular complexity index is 771. The lowest BCUT2D eigenvalue weighted by Gasteiger charge is -2.25. The third-order valence-electron chi connectivity index (χ3n) is 4.69. The molecule has 1 aliphatic heterocycles. The van der Waals surface area contributed by atoms with Gasteiger partial charge in [-0.05, 0) is 50.9 Å². The number of nitrogens with one attached hydrogen (secondary N) is 2. The number of aromatic nitrogens is 3. The van der Waals surface area contributed by atoms with Crippen molar-refractivity contribution in [3.05, 3.63) is 52.5 Å². The third-order valence-corrected chi connectivity index (χ3v) is 4.69. The molecule has 2 aromatic heterocycles. The highest BCUT2D eigenvalue weighted by molar-refractivity contribution is 5.95. The van der Waals surface area contributed by atoms with Gasteiger partial charge in [0.2, 0.25) is 0 Å². The fourth-order valence-electron chi connectivity index (χ4n) is 3.26. The molecule has 0 radical (unpaired) electrons. The number of piperidine rings is 1. The second-order valence-corrected chi connectivity index (χ2v) is 6.48. The van der Waals surface area contributed by atoms with Crippen LogP contribution in [0.3, 0.4) is 0 Å². The maximum atomic E-state index is 12.8. The fourth-order valence-corrected chi connectivity index (χ4v) is 3.26. The molecule has 0 spiro atoms. The predicted octanol–water partition coefficient (Wildman–Crippen LogP) is 1.94. The summed E-state index contributed by atoms with van der Waals surface area (Å²) >= 11 is 0. The first-order chi connectivity index (χ1) is 12.2. The summed E-state index contributed by atoms with van der Waals surface area (Å²) in [5.74, 6) is -0.281. The molecule has 0 aromatic carbocycles. The Morgan fingerprint density at radius 1 is 1.30 bits per heavy atom. The lowest BCUT2D eigenvalue weighted by Crippen LogP contribution is -2.38. The summed E-state index contributed by atoms with van der Waals surface area (Å²) in [6.45, 7) is 4.93. The second-order valence-electron chi connectivity index (χ2n) is 6.48. The van der Waals surface area contributed by atoms with Crippen LogP contribution in [0.4, 0.5) is 0 Å². The molecule has 1 aliphatic rings. The van der Waals surface area contributed by atoms with Crippen LogP contribution in [-0.4, -0.2) is 39.7 Å². The topological polar surface area (TPSA) is 81.0 Å². The van der Waals surface area contributed by atoms with Gasteiger partial charge in [0, 0.05) is 37.7 Å². The maximum absolute atomic E-state index is 12.8. The summed E-state index contributed by atoms with van der Waals surface area (Å²) in [5.41, 5.74) is 0.810. The number of pyridine rings is 1. The summed E-state index contributed by atoms with van der Waals surface area (Å²) in [6, 6.07) is 2.03. The maximum Gasteiger partial charge on any atom is 0.263 e. The molecule has 2 N–H and O–H groups in total. The van der Waals surface area contributed by atoms with Crippen LogP contribution in [0.25, 0.3) is 0 Å². The van der Waals surface area contributed by atoms with Gasteiger partial charge in [-0.25, -0.2) is 4.98 Å². The third kappa shape index (κ3) is 5.82. The van der Waals surface area contributed by atoms with E-state index in [2.05, 4.69) is 15.6 Å². The number of imidazole rings is 1. The number of rotatable bonds is 6. The number of hydrogen-bond donors (Lipinski definition) is 2. The molecule has 7 nitrogen and oxygen atoms in total. The van der Waals surface area contributed by atoms with E-state index in [9.17, 15) is 9.59 Å². The average Bonchev–Trinajstić information content (AvgIpc) is 3.13. The summed E-state index contributed by atoms with van der Waals surface area (Å²) in [5, 5.41) is 6.17. The van der Waals surface area contributed by atoms with Crippen LogP contribution in [0.2, 0.25) is 0 Å². The van der Waals surface area contributed by atoms with E-state index in [1.807, 2.05) is 30.0 Å². The van der Waals surface area contributed by atoms with Crippen LogP contribution in [0, 0.1) is 6.92 Å². The zero-order chi connectivity index (χ0) is 17.6. The zero-order valence-corrected chi connectivity index (χ0v) is 17.0. The monoisotopic (exact) mass is 415 g/mol. The van der Waals surface area contributed by atoms with E-state index in [1.165, 1.54) is 0 Å². The molecular weight excluding hydrogens is 389 g/mol. The van der Waals surface area contributed by atoms with Gasteiger partial charge in [0.25, 0.3) is 11.5 Å². The Morgan fingerprint density at radius 2 is 2.04 bits per heavy atom. The molecule has 27 heavy (non-hydrogen) atoms. The van der Waals surface area contributed by atoms with Gasteiger partial charge in [-0.1, -0.05) is 0 Å². The molecule has 0 atom stereocenters. The summed E-state index contributed by atoms with van der Waals surface area (Å²) in [7, 11) is 0. The fraction of sp³-hybridized carbons (Fsp3) is 0.500. The van der Waals surface area contributed by atoms with Crippen LogP contribution in [0.15, 0.2) is 35.8 Å². The number of carbonyl (C=O) groups is 1. The number of hydrogen-bond acceptors (Lipinski definition) is 4. The van der Waals surface area contributed by atoms with Crippen molar-refractivity contribution in [3.63, 3.8) is 0 Å². The van der Waals surface area contributed by atoms with Crippen molar-refractivity contribution in [3.8, 4) is 0 Å². The van der Waals surface area contributed by atoms with Crippen molar-refractivity contribution in [1.82, 2.24) is 24.8 Å². The quantitative estimate of drug-likeness (QED) is 0.706. The second kappa shape index (κ2) is 11.1. The first-order valence-corrected chi connectivity index (χ1v) is 8.83. The van der Waals surface area contributed by atoms with Crippen LogP contribution >= 0.6 is 24.8 Å². The Labute approximate surface area is 171 Å². The van der Waals surface area contributed by atoms with Crippen molar-refractivity contribution in [2.24, 2.45) is 0 Å². The lowest BCUT2D eigenvalue weighted by atomic mass is 10.0. The largest absolute Gasteiger partial charge is 0.352 e. The molecule has 0 bridgehead atoms. The minimum atomic E-state index is -0.281. The number of nitrogens with zero attached hydrogens (tertiary/aromatic N) is 3. The normalized spacial score (nSPS) is 14.1. The van der Waals surface area contributed by atoms with Crippen molar-refractivity contribution >= 4 is 30.7 Å². The highest BCUT2D eigenvalue weighted by Gasteiger charge is 2.21. The van der Waals surface area contributed by atoms with Gasteiger partial charge < -0.3 is 19.8 Å². The van der Waals surface area contributed by atoms with E-state index in [4.69, 9.17) is 0 Å². The van der Waals surface area contributed by atoms with Gasteiger partial charge in [-0.2, -0.15) is 0 Å². The van der Waals surface area contributed by atoms with E-state index < -0.39 is 0 Å². The molecule has 9 heteroatoms. The van der Waals surface area contributed by atoms with E-state index in [1.54, 1.807) is 17.1 Å². The Balaban J connectivity index is 0.00000182. The molecule has 1 saturated heterocycles. The molecule has 1 amide bonds. The first-order valence-electron chi connectivity index (χ1n) is 8.83. The summed E-state index contributed by atoms with van der Waals surface area (Å²) < 4.78 is 3.69. The molecule has 0 saturated carbocycles. The van der Waals surface area contributed by atoms with E-state index in [0.29, 0.717) is 6.54 Å². The molecule has 0 unspecified atom stereocenters. The molecule has 1 fully saturated rings. The smallest absolute Gasteiger partial charge is 0.263 e. The SMILES string of the molecule is Cc1ccn(C2CCNCC2)c(=O)c1C(=O)NCCCn1ccnc1.Cl.Cl. The Hall–Kier alpha value is -1.83. The average molecular weight is 416 g/mol. The Morgan fingerprint density at radius 3 is 2.70 bits per heavy atom. The standard InChI is InChI=1S/C18H25N5O2.2ClH/c1-14-5-11-23(15-3-7-19-8-4-15)18(25)16(14)17(24)21-6-2-10-22-12-9-20-13-22;;/h5,9,11-13,15,19H,2-4,6-8,10H2,1H3,(H,21,24);2*1H. The van der Waals surface area contributed by atoms with Crippen LogP contribution in [0.5, 0.6) is 0 Å². The van der Waals surface area contributed by atoms with Gasteiger partial charge >= 0.3 is 0 Å². The van der Waals surface area contributed by atoms with Gasteiger partial charge in [-0.15, -0.1) is 24.8 Å².